The maximum atomic E-state index is 3.24. The Bertz CT molecular complexity index is 400. The van der Waals surface area contributed by atoms with Gasteiger partial charge in [-0.3, -0.25) is 12.2 Å². The summed E-state index contributed by atoms with van der Waals surface area (Å²) >= 11 is 2.08. The Morgan fingerprint density at radius 1 is 0.909 bits per heavy atom. The zero-order valence-corrected chi connectivity index (χ0v) is 18.0. The van der Waals surface area contributed by atoms with Crippen molar-refractivity contribution in [3.8, 4) is 0 Å². The Kier molecular flexibility index (Phi) is 19.6. The van der Waals surface area contributed by atoms with Crippen molar-refractivity contribution in [3.63, 3.8) is 0 Å². The van der Waals surface area contributed by atoms with Crippen LogP contribution in [0.25, 0.3) is 0 Å². The molecular weight excluding hydrogens is 347 g/mol. The van der Waals surface area contributed by atoms with Crippen molar-refractivity contribution in [3.05, 3.63) is 46.6 Å². The van der Waals surface area contributed by atoms with Crippen LogP contribution in [0.4, 0.5) is 0 Å². The largest absolute Gasteiger partial charge is 0.147 e. The Labute approximate surface area is 162 Å². The van der Waals surface area contributed by atoms with Crippen LogP contribution in [0.15, 0.2) is 34.4 Å². The second kappa shape index (κ2) is 16.0. The molecule has 124 valence electrons. The van der Waals surface area contributed by atoms with Crippen LogP contribution >= 0.6 is 24.8 Å². The van der Waals surface area contributed by atoms with E-state index in [-0.39, 0.29) is 24.8 Å². The number of allylic oxidation sites excluding steroid dienone is 8. The van der Waals surface area contributed by atoms with Gasteiger partial charge in [0.2, 0.25) is 0 Å². The van der Waals surface area contributed by atoms with Crippen LogP contribution < -0.4 is 0 Å². The molecule has 0 radical (unpaired) electrons. The number of rotatable bonds is 2. The molecule has 2 rings (SSSR count). The van der Waals surface area contributed by atoms with E-state index in [1.54, 1.807) is 0 Å². The molecule has 22 heavy (non-hydrogen) atoms. The first-order valence-corrected chi connectivity index (χ1v) is 8.22. The number of hydrogen-bond donors (Lipinski definition) is 0. The molecule has 0 aromatic rings. The molecule has 0 saturated carbocycles. The van der Waals surface area contributed by atoms with E-state index >= 15 is 0 Å². The maximum Gasteiger partial charge on any atom is -0.147 e. The minimum absolute atomic E-state index is 0. The monoisotopic (exact) mass is 376 g/mol. The van der Waals surface area contributed by atoms with Crippen molar-refractivity contribution in [2.24, 2.45) is 0 Å². The summed E-state index contributed by atoms with van der Waals surface area (Å²) in [6.45, 7) is 12.7. The van der Waals surface area contributed by atoms with Crippen LogP contribution in [0, 0.1) is 12.2 Å². The summed E-state index contributed by atoms with van der Waals surface area (Å²) in [6, 6.07) is 0. The fourth-order valence-electron chi connectivity index (χ4n) is 1.78. The SMILES string of the molecule is CCC1=CC(C)=[C-]C1.CCC1=CC(C)=[C-]C1.C[C](C)=[Ti+2].Cl.Cl. The Morgan fingerprint density at radius 2 is 1.18 bits per heavy atom. The second-order valence-electron chi connectivity index (χ2n) is 5.39. The van der Waals surface area contributed by atoms with E-state index in [4.69, 9.17) is 0 Å². The van der Waals surface area contributed by atoms with Crippen LogP contribution in [0.2, 0.25) is 0 Å². The first-order chi connectivity index (χ1) is 9.38. The standard InChI is InChI=1S/2C8H11.C3H6.2ClH.Ti/c2*1-3-8-5-4-7(2)6-8;1-3-2;;;/h2*6H,3,5H2,1-2H3;1-2H3;2*1H;/q2*-1;;;;+2. The summed E-state index contributed by atoms with van der Waals surface area (Å²) in [5, 5.41) is 0. The van der Waals surface area contributed by atoms with E-state index in [1.807, 2.05) is 0 Å². The summed E-state index contributed by atoms with van der Waals surface area (Å²) in [4.78, 5) is 0. The van der Waals surface area contributed by atoms with Gasteiger partial charge in [-0.05, 0) is 0 Å². The zero-order chi connectivity index (χ0) is 15.5. The van der Waals surface area contributed by atoms with Gasteiger partial charge in [-0.15, -0.1) is 37.7 Å². The quantitative estimate of drug-likeness (QED) is 0.379. The van der Waals surface area contributed by atoms with Gasteiger partial charge < -0.3 is 0 Å². The summed E-state index contributed by atoms with van der Waals surface area (Å²) < 4.78 is 1.42. The van der Waals surface area contributed by atoms with E-state index in [1.165, 1.54) is 38.9 Å². The van der Waals surface area contributed by atoms with E-state index < -0.39 is 0 Å². The van der Waals surface area contributed by atoms with Crippen molar-refractivity contribution in [1.29, 1.82) is 0 Å². The fourth-order valence-corrected chi connectivity index (χ4v) is 1.78. The van der Waals surface area contributed by atoms with Crippen molar-refractivity contribution in [2.75, 3.05) is 0 Å². The Balaban J connectivity index is -0.000000249. The average molecular weight is 377 g/mol. The molecule has 0 amide bonds. The van der Waals surface area contributed by atoms with Gasteiger partial charge in [-0.2, -0.15) is 11.1 Å². The Hall–Kier alpha value is 0.124. The molecule has 0 heterocycles. The molecule has 0 spiro atoms. The summed E-state index contributed by atoms with van der Waals surface area (Å²) in [5.74, 6) is 0. The minimum Gasteiger partial charge on any atom is -0.147 e. The molecule has 0 atom stereocenters. The topological polar surface area (TPSA) is 0 Å². The van der Waals surface area contributed by atoms with Crippen LogP contribution in [0.5, 0.6) is 0 Å². The van der Waals surface area contributed by atoms with Gasteiger partial charge in [0.1, 0.15) is 0 Å². The zero-order valence-electron chi connectivity index (χ0n) is 14.8. The first kappa shape index (κ1) is 27.0. The van der Waals surface area contributed by atoms with E-state index in [0.717, 1.165) is 12.8 Å². The molecular formula is C19H30Cl2Ti. The molecule has 0 bridgehead atoms. The predicted molar refractivity (Wildman–Crippen MR) is 102 cm³/mol. The first-order valence-electron chi connectivity index (χ1n) is 7.44. The number of halogens is 2. The van der Waals surface area contributed by atoms with Gasteiger partial charge in [-0.25, -0.2) is 23.3 Å². The van der Waals surface area contributed by atoms with Gasteiger partial charge in [0.05, 0.1) is 0 Å². The van der Waals surface area contributed by atoms with Crippen molar-refractivity contribution in [1.82, 2.24) is 0 Å². The molecule has 0 saturated heterocycles. The average Bonchev–Trinajstić information content (AvgIpc) is 2.97. The summed E-state index contributed by atoms with van der Waals surface area (Å²) in [7, 11) is 0. The Morgan fingerprint density at radius 3 is 1.27 bits per heavy atom. The van der Waals surface area contributed by atoms with Crippen LogP contribution in [-0.4, -0.2) is 3.81 Å². The molecule has 0 aromatic heterocycles. The van der Waals surface area contributed by atoms with Crippen LogP contribution in [-0.2, 0) is 20.0 Å². The third-order valence-electron chi connectivity index (χ3n) is 2.94. The third-order valence-corrected chi connectivity index (χ3v) is 2.94. The molecule has 0 N–H and O–H groups in total. The van der Waals surface area contributed by atoms with Gasteiger partial charge in [0.15, 0.2) is 0 Å². The number of hydrogen-bond acceptors (Lipinski definition) is 0. The van der Waals surface area contributed by atoms with E-state index in [2.05, 4.69) is 85.8 Å². The molecule has 2 aliphatic carbocycles. The van der Waals surface area contributed by atoms with Crippen molar-refractivity contribution in [2.45, 2.75) is 67.2 Å². The van der Waals surface area contributed by atoms with Gasteiger partial charge in [-0.1, -0.05) is 40.5 Å². The normalized spacial score (nSPS) is 14.5. The fraction of sp³-hybridized carbons (Fsp3) is 0.526. The molecule has 0 fully saturated rings. The van der Waals surface area contributed by atoms with Gasteiger partial charge in [0.25, 0.3) is 0 Å². The summed E-state index contributed by atoms with van der Waals surface area (Å²) in [6.07, 6.45) is 15.4. The molecule has 3 heteroatoms. The predicted octanol–water partition coefficient (Wildman–Crippen LogP) is 6.54. The van der Waals surface area contributed by atoms with Crippen molar-refractivity contribution >= 4 is 28.6 Å². The third kappa shape index (κ3) is 15.0. The molecule has 0 unspecified atom stereocenters. The van der Waals surface area contributed by atoms with E-state index in [9.17, 15) is 0 Å². The molecule has 0 aliphatic heterocycles. The maximum absolute atomic E-state index is 3.24. The smallest absolute Gasteiger partial charge is 0.147 e. The second-order valence-corrected chi connectivity index (χ2v) is 6.95. The summed E-state index contributed by atoms with van der Waals surface area (Å²) in [5.41, 5.74) is 5.65. The van der Waals surface area contributed by atoms with Crippen LogP contribution in [0.1, 0.15) is 67.2 Å². The van der Waals surface area contributed by atoms with Crippen molar-refractivity contribution < 1.29 is 20.0 Å². The molecule has 2 aliphatic rings. The minimum atomic E-state index is 0. The molecule has 0 aromatic carbocycles. The molecule has 0 nitrogen and oxygen atoms in total. The van der Waals surface area contributed by atoms with Gasteiger partial charge in [0, 0.05) is 0 Å². The van der Waals surface area contributed by atoms with Gasteiger partial charge >= 0.3 is 37.6 Å². The van der Waals surface area contributed by atoms with Crippen LogP contribution in [0.3, 0.4) is 0 Å². The van der Waals surface area contributed by atoms with E-state index in [0.29, 0.717) is 0 Å².